The van der Waals surface area contributed by atoms with Gasteiger partial charge in [-0.2, -0.15) is 0 Å². The van der Waals surface area contributed by atoms with Gasteiger partial charge in [0.15, 0.2) is 5.96 Å². The molecule has 2 N–H and O–H groups in total. The third-order valence-electron chi connectivity index (χ3n) is 4.88. The molecule has 6 heteroatoms. The number of hydrogen-bond acceptors (Lipinski definition) is 4. The molecule has 6 nitrogen and oxygen atoms in total. The van der Waals surface area contributed by atoms with Crippen molar-refractivity contribution in [2.75, 3.05) is 44.7 Å². The fourth-order valence-corrected chi connectivity index (χ4v) is 3.39. The zero-order valence-corrected chi connectivity index (χ0v) is 16.8. The number of anilines is 1. The van der Waals surface area contributed by atoms with Crippen LogP contribution in [0.2, 0.25) is 0 Å². The van der Waals surface area contributed by atoms with Crippen molar-refractivity contribution in [1.82, 2.24) is 10.2 Å². The Kier molecular flexibility index (Phi) is 7.14. The molecule has 28 heavy (non-hydrogen) atoms. The number of phenols is 1. The first-order valence-corrected chi connectivity index (χ1v) is 9.84. The molecule has 0 atom stereocenters. The summed E-state index contributed by atoms with van der Waals surface area (Å²) in [6.07, 6.45) is 0. The molecule has 1 fully saturated rings. The van der Waals surface area contributed by atoms with E-state index >= 15 is 0 Å². The van der Waals surface area contributed by atoms with Gasteiger partial charge in [-0.05, 0) is 30.2 Å². The number of rotatable bonds is 6. The SMILES string of the molecule is CCNC(=NCc1ccc(COC)cc1)N1CCN(c2ccccc2O)CC1. The quantitative estimate of drug-likeness (QED) is 0.594. The third-order valence-corrected chi connectivity index (χ3v) is 4.88. The highest BCUT2D eigenvalue weighted by Crippen LogP contribution is 2.27. The number of methoxy groups -OCH3 is 1. The highest BCUT2D eigenvalue weighted by molar-refractivity contribution is 5.80. The zero-order chi connectivity index (χ0) is 19.8. The summed E-state index contributed by atoms with van der Waals surface area (Å²) >= 11 is 0. The smallest absolute Gasteiger partial charge is 0.194 e. The number of hydrogen-bond donors (Lipinski definition) is 2. The molecular formula is C22H30N4O2. The van der Waals surface area contributed by atoms with Crippen molar-refractivity contribution in [1.29, 1.82) is 0 Å². The summed E-state index contributed by atoms with van der Waals surface area (Å²) in [6.45, 7) is 7.66. The number of phenolic OH excluding ortho intramolecular Hbond substituents is 1. The molecule has 3 rings (SSSR count). The lowest BCUT2D eigenvalue weighted by atomic mass is 10.1. The molecule has 0 saturated carbocycles. The van der Waals surface area contributed by atoms with Crippen LogP contribution in [0.4, 0.5) is 5.69 Å². The van der Waals surface area contributed by atoms with E-state index in [9.17, 15) is 5.11 Å². The van der Waals surface area contributed by atoms with E-state index in [2.05, 4.69) is 46.3 Å². The number of benzene rings is 2. The van der Waals surface area contributed by atoms with Gasteiger partial charge in [-0.1, -0.05) is 36.4 Å². The second-order valence-electron chi connectivity index (χ2n) is 6.88. The Morgan fingerprint density at radius 1 is 1.04 bits per heavy atom. The minimum absolute atomic E-state index is 0.341. The first-order valence-electron chi connectivity index (χ1n) is 9.84. The Bertz CT molecular complexity index is 768. The highest BCUT2D eigenvalue weighted by Gasteiger charge is 2.21. The highest BCUT2D eigenvalue weighted by atomic mass is 16.5. The number of aromatic hydroxyl groups is 1. The number of guanidine groups is 1. The molecule has 0 amide bonds. The minimum atomic E-state index is 0.341. The van der Waals surface area contributed by atoms with E-state index in [1.54, 1.807) is 13.2 Å². The maximum Gasteiger partial charge on any atom is 0.194 e. The zero-order valence-electron chi connectivity index (χ0n) is 16.8. The summed E-state index contributed by atoms with van der Waals surface area (Å²) in [5.74, 6) is 1.29. The average molecular weight is 383 g/mol. The van der Waals surface area contributed by atoms with Crippen LogP contribution in [-0.2, 0) is 17.9 Å². The van der Waals surface area contributed by atoms with Gasteiger partial charge in [0.1, 0.15) is 5.75 Å². The number of nitrogens with one attached hydrogen (secondary N) is 1. The summed E-state index contributed by atoms with van der Waals surface area (Å²) in [4.78, 5) is 9.35. The van der Waals surface area contributed by atoms with E-state index in [1.807, 2.05) is 18.2 Å². The number of aliphatic imine (C=N–C) groups is 1. The third kappa shape index (κ3) is 5.16. The van der Waals surface area contributed by atoms with Crippen molar-refractivity contribution >= 4 is 11.6 Å². The molecule has 1 saturated heterocycles. The van der Waals surface area contributed by atoms with Gasteiger partial charge in [0.05, 0.1) is 18.8 Å². The van der Waals surface area contributed by atoms with Gasteiger partial charge in [0.25, 0.3) is 0 Å². The van der Waals surface area contributed by atoms with Crippen LogP contribution < -0.4 is 10.2 Å². The molecule has 0 bridgehead atoms. The molecule has 1 heterocycles. The van der Waals surface area contributed by atoms with Gasteiger partial charge in [0, 0.05) is 39.8 Å². The summed E-state index contributed by atoms with van der Waals surface area (Å²) in [7, 11) is 1.71. The fourth-order valence-electron chi connectivity index (χ4n) is 3.39. The van der Waals surface area contributed by atoms with Crippen LogP contribution in [0, 0.1) is 0 Å². The van der Waals surface area contributed by atoms with E-state index in [0.29, 0.717) is 18.9 Å². The standard InChI is InChI=1S/C22H30N4O2/c1-3-23-22(24-16-18-8-10-19(11-9-18)17-28-2)26-14-12-25(13-15-26)20-6-4-5-7-21(20)27/h4-11,27H,3,12-17H2,1-2H3,(H,23,24). The Morgan fingerprint density at radius 3 is 2.36 bits per heavy atom. The Morgan fingerprint density at radius 2 is 1.71 bits per heavy atom. The largest absolute Gasteiger partial charge is 0.506 e. The van der Waals surface area contributed by atoms with E-state index in [4.69, 9.17) is 9.73 Å². The molecule has 0 aromatic heterocycles. The molecular weight excluding hydrogens is 352 g/mol. The van der Waals surface area contributed by atoms with Crippen molar-refractivity contribution in [2.45, 2.75) is 20.1 Å². The van der Waals surface area contributed by atoms with Crippen LogP contribution in [0.15, 0.2) is 53.5 Å². The first-order chi connectivity index (χ1) is 13.7. The molecule has 1 aliphatic heterocycles. The van der Waals surface area contributed by atoms with Gasteiger partial charge >= 0.3 is 0 Å². The second-order valence-corrected chi connectivity index (χ2v) is 6.88. The lowest BCUT2D eigenvalue weighted by molar-refractivity contribution is 0.185. The number of para-hydroxylation sites is 2. The van der Waals surface area contributed by atoms with Crippen molar-refractivity contribution in [3.63, 3.8) is 0 Å². The normalized spacial score (nSPS) is 15.0. The van der Waals surface area contributed by atoms with Gasteiger partial charge in [0.2, 0.25) is 0 Å². The molecule has 0 unspecified atom stereocenters. The summed E-state index contributed by atoms with van der Waals surface area (Å²) in [5, 5.41) is 13.5. The monoisotopic (exact) mass is 382 g/mol. The Balaban J connectivity index is 1.61. The average Bonchev–Trinajstić information content (AvgIpc) is 2.73. The first kappa shape index (κ1) is 20.0. The van der Waals surface area contributed by atoms with Crippen LogP contribution in [0.3, 0.4) is 0 Å². The Labute approximate surface area is 167 Å². The topological polar surface area (TPSA) is 60.3 Å². The molecule has 0 spiro atoms. The molecule has 1 aliphatic rings. The van der Waals surface area contributed by atoms with Crippen molar-refractivity contribution in [3.8, 4) is 5.75 Å². The van der Waals surface area contributed by atoms with Crippen molar-refractivity contribution in [2.24, 2.45) is 4.99 Å². The van der Waals surface area contributed by atoms with E-state index in [0.717, 1.165) is 44.4 Å². The van der Waals surface area contributed by atoms with Crippen molar-refractivity contribution < 1.29 is 9.84 Å². The van der Waals surface area contributed by atoms with Gasteiger partial charge in [-0.3, -0.25) is 0 Å². The van der Waals surface area contributed by atoms with Crippen LogP contribution >= 0.6 is 0 Å². The van der Waals surface area contributed by atoms with Crippen LogP contribution in [0.5, 0.6) is 5.75 Å². The second kappa shape index (κ2) is 9.99. The summed E-state index contributed by atoms with van der Waals surface area (Å²) in [5.41, 5.74) is 3.26. The predicted molar refractivity (Wildman–Crippen MR) is 114 cm³/mol. The van der Waals surface area contributed by atoms with E-state index in [-0.39, 0.29) is 0 Å². The fraction of sp³-hybridized carbons (Fsp3) is 0.409. The van der Waals surface area contributed by atoms with Gasteiger partial charge < -0.3 is 25.0 Å². The number of nitrogens with zero attached hydrogens (tertiary/aromatic N) is 3. The minimum Gasteiger partial charge on any atom is -0.506 e. The maximum absolute atomic E-state index is 10.1. The molecule has 0 radical (unpaired) electrons. The molecule has 2 aromatic rings. The van der Waals surface area contributed by atoms with Crippen molar-refractivity contribution in [3.05, 3.63) is 59.7 Å². The van der Waals surface area contributed by atoms with Gasteiger partial charge in [-0.25, -0.2) is 4.99 Å². The van der Waals surface area contributed by atoms with E-state index < -0.39 is 0 Å². The molecule has 2 aromatic carbocycles. The molecule has 0 aliphatic carbocycles. The summed E-state index contributed by atoms with van der Waals surface area (Å²) in [6, 6.07) is 15.9. The molecule has 150 valence electrons. The predicted octanol–water partition coefficient (Wildman–Crippen LogP) is 2.83. The Hall–Kier alpha value is -2.73. The maximum atomic E-state index is 10.1. The van der Waals surface area contributed by atoms with Crippen LogP contribution in [0.1, 0.15) is 18.1 Å². The van der Waals surface area contributed by atoms with Crippen LogP contribution in [-0.4, -0.2) is 55.8 Å². The lowest BCUT2D eigenvalue weighted by Crippen LogP contribution is -2.52. The number of piperazine rings is 1. The van der Waals surface area contributed by atoms with Crippen LogP contribution in [0.25, 0.3) is 0 Å². The number of ether oxygens (including phenoxy) is 1. The lowest BCUT2D eigenvalue weighted by Gasteiger charge is -2.37. The summed E-state index contributed by atoms with van der Waals surface area (Å²) < 4.78 is 5.16. The van der Waals surface area contributed by atoms with Gasteiger partial charge in [-0.15, -0.1) is 0 Å². The van der Waals surface area contributed by atoms with E-state index in [1.165, 1.54) is 11.1 Å².